The van der Waals surface area contributed by atoms with Gasteiger partial charge < -0.3 is 42.5 Å². The Kier molecular flexibility index (Phi) is 10.0. The molecule has 4 aromatic rings. The number of hydrogen-bond acceptors (Lipinski definition) is 6. The average molecular weight is 604 g/mol. The molecule has 10 N–H and O–H groups in total. The molecule has 13 heteroatoms. The van der Waals surface area contributed by atoms with Gasteiger partial charge in [0.15, 0.2) is 0 Å². The van der Waals surface area contributed by atoms with Crippen molar-refractivity contribution in [2.45, 2.75) is 57.3 Å². The van der Waals surface area contributed by atoms with Gasteiger partial charge in [-0.2, -0.15) is 0 Å². The van der Waals surface area contributed by atoms with Crippen molar-refractivity contribution in [3.8, 4) is 0 Å². The number of benzene rings is 2. The van der Waals surface area contributed by atoms with Gasteiger partial charge in [-0.05, 0) is 29.2 Å². The van der Waals surface area contributed by atoms with Gasteiger partial charge in [0.1, 0.15) is 18.1 Å². The number of primary amides is 1. The maximum absolute atomic E-state index is 13.9. The number of fused-ring (bicyclic) bond motifs is 2. The zero-order valence-corrected chi connectivity index (χ0v) is 24.4. The van der Waals surface area contributed by atoms with Crippen molar-refractivity contribution in [3.63, 3.8) is 0 Å². The number of amides is 4. The quantitative estimate of drug-likeness (QED) is 0.103. The van der Waals surface area contributed by atoms with Crippen molar-refractivity contribution in [2.75, 3.05) is 0 Å². The van der Waals surface area contributed by atoms with E-state index in [4.69, 9.17) is 11.5 Å². The Bertz CT molecular complexity index is 1680. The number of H-pyrrole nitrogens is 2. The topological polar surface area (TPSA) is 225 Å². The third-order valence-electron chi connectivity index (χ3n) is 7.50. The molecule has 0 aliphatic heterocycles. The lowest BCUT2D eigenvalue weighted by Gasteiger charge is -2.25. The van der Waals surface area contributed by atoms with Gasteiger partial charge in [0.25, 0.3) is 0 Å². The molecule has 2 heterocycles. The molecule has 2 aromatic heterocycles. The lowest BCUT2D eigenvalue weighted by molar-refractivity contribution is -0.143. The van der Waals surface area contributed by atoms with Crippen molar-refractivity contribution in [2.24, 2.45) is 17.4 Å². The number of carbonyl (C=O) groups is 5. The molecule has 4 unspecified atom stereocenters. The van der Waals surface area contributed by atoms with Crippen LogP contribution < -0.4 is 27.4 Å². The molecule has 4 amide bonds. The van der Waals surface area contributed by atoms with Gasteiger partial charge in [0.05, 0.1) is 12.5 Å². The van der Waals surface area contributed by atoms with Crippen LogP contribution in [0.4, 0.5) is 0 Å². The fourth-order valence-corrected chi connectivity index (χ4v) is 4.98. The van der Waals surface area contributed by atoms with Gasteiger partial charge in [0.2, 0.25) is 23.6 Å². The highest BCUT2D eigenvalue weighted by molar-refractivity contribution is 5.96. The summed E-state index contributed by atoms with van der Waals surface area (Å²) < 4.78 is 0. The van der Waals surface area contributed by atoms with E-state index in [2.05, 4.69) is 25.9 Å². The summed E-state index contributed by atoms with van der Waals surface area (Å²) in [5.74, 6) is -4.63. The van der Waals surface area contributed by atoms with Gasteiger partial charge in [-0.3, -0.25) is 19.2 Å². The molecule has 0 saturated carbocycles. The number of nitrogens with two attached hydrogens (primary N) is 2. The summed E-state index contributed by atoms with van der Waals surface area (Å²) >= 11 is 0. The first kappa shape index (κ1) is 31.8. The van der Waals surface area contributed by atoms with Crippen LogP contribution in [0.5, 0.6) is 0 Å². The van der Waals surface area contributed by atoms with Crippen LogP contribution in [0, 0.1) is 5.92 Å². The molecule has 4 atom stereocenters. The number of carbonyl (C=O) groups excluding carboxylic acids is 4. The maximum Gasteiger partial charge on any atom is 0.326 e. The second kappa shape index (κ2) is 13.9. The molecule has 0 bridgehead atoms. The Hall–Kier alpha value is -5.17. The molecular formula is C31H37N7O6. The Labute approximate surface area is 253 Å². The van der Waals surface area contributed by atoms with E-state index in [1.165, 1.54) is 0 Å². The minimum absolute atomic E-state index is 0.0241. The lowest BCUT2D eigenvalue weighted by atomic mass is 10.00. The molecule has 13 nitrogen and oxygen atoms in total. The minimum atomic E-state index is -1.60. The number of para-hydroxylation sites is 2. The smallest absolute Gasteiger partial charge is 0.326 e. The van der Waals surface area contributed by atoms with E-state index in [-0.39, 0.29) is 18.8 Å². The summed E-state index contributed by atoms with van der Waals surface area (Å²) in [6.45, 7) is 3.57. The number of aromatic amines is 2. The summed E-state index contributed by atoms with van der Waals surface area (Å²) in [7, 11) is 0. The molecule has 0 fully saturated rings. The third kappa shape index (κ3) is 7.61. The van der Waals surface area contributed by atoms with Gasteiger partial charge in [-0.25, -0.2) is 4.79 Å². The average Bonchev–Trinajstić information content (AvgIpc) is 3.59. The molecular weight excluding hydrogens is 566 g/mol. The Morgan fingerprint density at radius 1 is 0.727 bits per heavy atom. The first-order valence-corrected chi connectivity index (χ1v) is 14.2. The molecule has 4 rings (SSSR count). The van der Waals surface area contributed by atoms with Gasteiger partial charge >= 0.3 is 5.97 Å². The zero-order valence-electron chi connectivity index (χ0n) is 24.4. The van der Waals surface area contributed by atoms with Crippen LogP contribution in [0.2, 0.25) is 0 Å². The second-order valence-electron chi connectivity index (χ2n) is 11.1. The lowest BCUT2D eigenvalue weighted by Crippen LogP contribution is -2.58. The van der Waals surface area contributed by atoms with E-state index in [0.29, 0.717) is 5.56 Å². The molecule has 0 saturated heterocycles. The highest BCUT2D eigenvalue weighted by Gasteiger charge is 2.32. The van der Waals surface area contributed by atoms with E-state index >= 15 is 0 Å². The predicted octanol–water partition coefficient (Wildman–Crippen LogP) is 0.832. The van der Waals surface area contributed by atoms with E-state index in [1.54, 1.807) is 26.2 Å². The number of carboxylic acids is 1. The summed E-state index contributed by atoms with van der Waals surface area (Å²) in [5, 5.41) is 19.0. The standard InChI is InChI=1S/C31H37N7O6/c1-16(2)27(33)30(42)37-24(12-18-15-35-22-10-6-4-8-20(18)22)28(40)36-23(29(41)38-25(31(43)44)13-26(32)39)11-17-14-34-21-9-5-3-7-19(17)21/h3-10,14-16,23-25,27,34-35H,11-13,33H2,1-2H3,(H2,32,39)(H,36,40)(H,37,42)(H,38,41)(H,43,44). The number of rotatable bonds is 14. The minimum Gasteiger partial charge on any atom is -0.480 e. The van der Waals surface area contributed by atoms with Gasteiger partial charge in [0, 0.05) is 47.0 Å². The normalized spacial score (nSPS) is 14.1. The molecule has 2 aromatic carbocycles. The van der Waals surface area contributed by atoms with Crippen molar-refractivity contribution in [3.05, 3.63) is 72.1 Å². The molecule has 232 valence electrons. The van der Waals surface area contributed by atoms with Crippen LogP contribution >= 0.6 is 0 Å². The number of hydrogen-bond donors (Lipinski definition) is 8. The molecule has 0 aliphatic carbocycles. The van der Waals surface area contributed by atoms with E-state index in [1.807, 2.05) is 48.5 Å². The highest BCUT2D eigenvalue weighted by atomic mass is 16.4. The van der Waals surface area contributed by atoms with Gasteiger partial charge in [-0.15, -0.1) is 0 Å². The first-order chi connectivity index (χ1) is 20.9. The van der Waals surface area contributed by atoms with Crippen LogP contribution in [0.15, 0.2) is 60.9 Å². The fraction of sp³-hybridized carbons (Fsp3) is 0.323. The van der Waals surface area contributed by atoms with E-state index in [9.17, 15) is 29.1 Å². The highest BCUT2D eigenvalue weighted by Crippen LogP contribution is 2.21. The first-order valence-electron chi connectivity index (χ1n) is 14.2. The Balaban J connectivity index is 1.65. The number of aromatic nitrogens is 2. The SMILES string of the molecule is CC(C)C(N)C(=O)NC(Cc1c[nH]c2ccccc12)C(=O)NC(Cc1c[nH]c2ccccc12)C(=O)NC(CC(N)=O)C(=O)O. The molecule has 0 aliphatic rings. The molecule has 0 radical (unpaired) electrons. The van der Waals surface area contributed by atoms with E-state index < -0.39 is 60.2 Å². The monoisotopic (exact) mass is 603 g/mol. The second-order valence-corrected chi connectivity index (χ2v) is 11.1. The van der Waals surface area contributed by atoms with Crippen LogP contribution in [0.25, 0.3) is 21.8 Å². The van der Waals surface area contributed by atoms with Crippen molar-refractivity contribution in [1.29, 1.82) is 0 Å². The summed E-state index contributed by atoms with van der Waals surface area (Å²) in [5.41, 5.74) is 14.4. The Morgan fingerprint density at radius 2 is 1.16 bits per heavy atom. The molecule has 44 heavy (non-hydrogen) atoms. The van der Waals surface area contributed by atoms with Crippen LogP contribution in [-0.4, -0.2) is 68.8 Å². The zero-order chi connectivity index (χ0) is 32.0. The predicted molar refractivity (Wildman–Crippen MR) is 164 cm³/mol. The summed E-state index contributed by atoms with van der Waals surface area (Å²) in [6.07, 6.45) is 2.86. The Morgan fingerprint density at radius 3 is 1.59 bits per heavy atom. The largest absolute Gasteiger partial charge is 0.480 e. The third-order valence-corrected chi connectivity index (χ3v) is 7.50. The van der Waals surface area contributed by atoms with Crippen molar-refractivity contribution in [1.82, 2.24) is 25.9 Å². The summed E-state index contributed by atoms with van der Waals surface area (Å²) in [4.78, 5) is 69.9. The van der Waals surface area contributed by atoms with Crippen LogP contribution in [0.3, 0.4) is 0 Å². The molecule has 0 spiro atoms. The number of nitrogens with one attached hydrogen (secondary N) is 5. The van der Waals surface area contributed by atoms with Gasteiger partial charge in [-0.1, -0.05) is 50.2 Å². The summed E-state index contributed by atoms with van der Waals surface area (Å²) in [6, 6.07) is 9.95. The maximum atomic E-state index is 13.9. The fourth-order valence-electron chi connectivity index (χ4n) is 4.98. The van der Waals surface area contributed by atoms with Crippen molar-refractivity contribution >= 4 is 51.4 Å². The van der Waals surface area contributed by atoms with Crippen LogP contribution in [0.1, 0.15) is 31.4 Å². The van der Waals surface area contributed by atoms with Crippen LogP contribution in [-0.2, 0) is 36.8 Å². The van der Waals surface area contributed by atoms with E-state index in [0.717, 1.165) is 27.4 Å². The number of aliphatic carboxylic acids is 1. The van der Waals surface area contributed by atoms with Crippen molar-refractivity contribution < 1.29 is 29.1 Å². The number of carboxylic acid groups (broad SMARTS) is 1.